The van der Waals surface area contributed by atoms with Crippen LogP contribution in [0.1, 0.15) is 64.7 Å². The maximum Gasteiger partial charge on any atom is 0.0697 e. The van der Waals surface area contributed by atoms with Gasteiger partial charge in [0.05, 0.1) is 5.60 Å². The Kier molecular flexibility index (Phi) is 3.45. The second-order valence-corrected chi connectivity index (χ2v) is 6.71. The Hall–Kier alpha value is -0.0800. The van der Waals surface area contributed by atoms with Gasteiger partial charge in [0.1, 0.15) is 0 Å². The molecule has 3 aliphatic rings. The van der Waals surface area contributed by atoms with Crippen molar-refractivity contribution in [2.75, 3.05) is 6.61 Å². The smallest absolute Gasteiger partial charge is 0.0697 e. The lowest BCUT2D eigenvalue weighted by Gasteiger charge is -2.48. The van der Waals surface area contributed by atoms with E-state index < -0.39 is 0 Å². The van der Waals surface area contributed by atoms with Gasteiger partial charge in [-0.1, -0.05) is 19.8 Å². The summed E-state index contributed by atoms with van der Waals surface area (Å²) in [7, 11) is 0. The van der Waals surface area contributed by atoms with Crippen LogP contribution in [-0.4, -0.2) is 24.3 Å². The van der Waals surface area contributed by atoms with Crippen LogP contribution in [0, 0.1) is 5.92 Å². The standard InChI is InChI=1S/C15H27NO/c1-12-4-2-5-13(10-12)16-14-6-9-17-15(11-14)7-3-8-15/h12-14,16H,2-11H2,1H3. The Bertz CT molecular complexity index is 262. The number of rotatable bonds is 2. The molecule has 1 spiro atoms. The van der Waals surface area contributed by atoms with Crippen LogP contribution in [0.2, 0.25) is 0 Å². The highest BCUT2D eigenvalue weighted by Crippen LogP contribution is 2.42. The third-order valence-corrected chi connectivity index (χ3v) is 5.17. The zero-order chi connectivity index (χ0) is 11.7. The molecule has 3 rings (SSSR count). The van der Waals surface area contributed by atoms with Gasteiger partial charge < -0.3 is 10.1 Å². The highest BCUT2D eigenvalue weighted by Gasteiger charge is 2.42. The molecule has 0 aromatic rings. The minimum atomic E-state index is 0.302. The predicted molar refractivity (Wildman–Crippen MR) is 70.1 cm³/mol. The summed E-state index contributed by atoms with van der Waals surface area (Å²) in [4.78, 5) is 0. The lowest BCUT2D eigenvalue weighted by molar-refractivity contribution is -0.136. The van der Waals surface area contributed by atoms with Gasteiger partial charge in [0.25, 0.3) is 0 Å². The molecule has 0 amide bonds. The Morgan fingerprint density at radius 2 is 1.94 bits per heavy atom. The van der Waals surface area contributed by atoms with E-state index in [-0.39, 0.29) is 0 Å². The SMILES string of the molecule is CC1CCCC(NC2CCOC3(CCC3)C2)C1. The molecule has 3 fully saturated rings. The summed E-state index contributed by atoms with van der Waals surface area (Å²) in [6.07, 6.45) is 12.2. The average Bonchev–Trinajstić information content (AvgIpc) is 2.27. The first-order chi connectivity index (χ1) is 8.26. The maximum atomic E-state index is 6.00. The van der Waals surface area contributed by atoms with E-state index >= 15 is 0 Å². The summed E-state index contributed by atoms with van der Waals surface area (Å²) < 4.78 is 6.00. The van der Waals surface area contributed by atoms with E-state index in [0.717, 1.165) is 24.6 Å². The fourth-order valence-corrected chi connectivity index (χ4v) is 4.01. The summed E-state index contributed by atoms with van der Waals surface area (Å²) >= 11 is 0. The van der Waals surface area contributed by atoms with Gasteiger partial charge in [-0.3, -0.25) is 0 Å². The van der Waals surface area contributed by atoms with Crippen LogP contribution in [0.3, 0.4) is 0 Å². The fraction of sp³-hybridized carbons (Fsp3) is 1.00. The highest BCUT2D eigenvalue weighted by molar-refractivity contribution is 4.97. The minimum Gasteiger partial charge on any atom is -0.375 e. The van der Waals surface area contributed by atoms with E-state index in [1.54, 1.807) is 0 Å². The number of hydrogen-bond donors (Lipinski definition) is 1. The molecule has 2 nitrogen and oxygen atoms in total. The van der Waals surface area contributed by atoms with Crippen molar-refractivity contribution in [3.05, 3.63) is 0 Å². The fourth-order valence-electron chi connectivity index (χ4n) is 4.01. The Labute approximate surface area is 105 Å². The number of hydrogen-bond acceptors (Lipinski definition) is 2. The lowest BCUT2D eigenvalue weighted by Crippen LogP contribution is -2.53. The lowest BCUT2D eigenvalue weighted by atomic mass is 9.73. The first-order valence-corrected chi connectivity index (χ1v) is 7.66. The molecule has 1 heterocycles. The quantitative estimate of drug-likeness (QED) is 0.796. The topological polar surface area (TPSA) is 21.3 Å². The molecule has 2 heteroatoms. The molecule has 3 atom stereocenters. The van der Waals surface area contributed by atoms with Crippen molar-refractivity contribution < 1.29 is 4.74 Å². The summed E-state index contributed by atoms with van der Waals surface area (Å²) in [5.74, 6) is 0.929. The highest BCUT2D eigenvalue weighted by atomic mass is 16.5. The van der Waals surface area contributed by atoms with Crippen LogP contribution in [-0.2, 0) is 4.74 Å². The van der Waals surface area contributed by atoms with E-state index in [4.69, 9.17) is 4.74 Å². The van der Waals surface area contributed by atoms with Crippen molar-refractivity contribution in [3.63, 3.8) is 0 Å². The summed E-state index contributed by atoms with van der Waals surface area (Å²) in [6, 6.07) is 1.53. The normalized spacial score (nSPS) is 41.1. The molecule has 0 radical (unpaired) electrons. The predicted octanol–water partition coefficient (Wildman–Crippen LogP) is 3.26. The van der Waals surface area contributed by atoms with Crippen molar-refractivity contribution >= 4 is 0 Å². The van der Waals surface area contributed by atoms with Gasteiger partial charge in [0.15, 0.2) is 0 Å². The Balaban J connectivity index is 1.50. The number of nitrogens with one attached hydrogen (secondary N) is 1. The van der Waals surface area contributed by atoms with Gasteiger partial charge in [-0.2, -0.15) is 0 Å². The molecular weight excluding hydrogens is 210 g/mol. The van der Waals surface area contributed by atoms with Crippen molar-refractivity contribution in [1.29, 1.82) is 0 Å². The molecule has 1 aliphatic heterocycles. The first kappa shape index (κ1) is 12.0. The van der Waals surface area contributed by atoms with Crippen LogP contribution in [0.25, 0.3) is 0 Å². The Morgan fingerprint density at radius 3 is 2.65 bits per heavy atom. The van der Waals surface area contributed by atoms with Gasteiger partial charge in [0, 0.05) is 18.7 Å². The molecular formula is C15H27NO. The van der Waals surface area contributed by atoms with E-state index in [2.05, 4.69) is 12.2 Å². The third-order valence-electron chi connectivity index (χ3n) is 5.17. The molecule has 0 aromatic carbocycles. The molecule has 2 saturated carbocycles. The first-order valence-electron chi connectivity index (χ1n) is 7.66. The van der Waals surface area contributed by atoms with E-state index in [0.29, 0.717) is 5.60 Å². The molecule has 98 valence electrons. The molecule has 1 N–H and O–H groups in total. The van der Waals surface area contributed by atoms with E-state index in [1.165, 1.54) is 57.8 Å². The largest absolute Gasteiger partial charge is 0.375 e. The van der Waals surface area contributed by atoms with Crippen molar-refractivity contribution in [1.82, 2.24) is 5.32 Å². The van der Waals surface area contributed by atoms with Crippen LogP contribution in [0.15, 0.2) is 0 Å². The Morgan fingerprint density at radius 1 is 1.06 bits per heavy atom. The molecule has 1 saturated heterocycles. The maximum absolute atomic E-state index is 6.00. The second kappa shape index (κ2) is 4.89. The summed E-state index contributed by atoms with van der Waals surface area (Å²) in [5.41, 5.74) is 0.302. The molecule has 0 aromatic heterocycles. The van der Waals surface area contributed by atoms with E-state index in [1.807, 2.05) is 0 Å². The van der Waals surface area contributed by atoms with Gasteiger partial charge in [0.2, 0.25) is 0 Å². The molecule has 3 unspecified atom stereocenters. The monoisotopic (exact) mass is 237 g/mol. The van der Waals surface area contributed by atoms with Gasteiger partial charge in [-0.05, 0) is 50.9 Å². The zero-order valence-electron chi connectivity index (χ0n) is 11.2. The zero-order valence-corrected chi connectivity index (χ0v) is 11.2. The van der Waals surface area contributed by atoms with Crippen LogP contribution < -0.4 is 5.32 Å². The van der Waals surface area contributed by atoms with Gasteiger partial charge in [-0.25, -0.2) is 0 Å². The van der Waals surface area contributed by atoms with Crippen LogP contribution >= 0.6 is 0 Å². The van der Waals surface area contributed by atoms with Crippen molar-refractivity contribution in [2.45, 2.75) is 82.4 Å². The van der Waals surface area contributed by atoms with E-state index in [9.17, 15) is 0 Å². The molecule has 0 bridgehead atoms. The van der Waals surface area contributed by atoms with Crippen molar-refractivity contribution in [3.8, 4) is 0 Å². The second-order valence-electron chi connectivity index (χ2n) is 6.71. The van der Waals surface area contributed by atoms with Gasteiger partial charge >= 0.3 is 0 Å². The third kappa shape index (κ3) is 2.68. The number of ether oxygens (including phenoxy) is 1. The van der Waals surface area contributed by atoms with Crippen LogP contribution in [0.4, 0.5) is 0 Å². The molecule has 2 aliphatic carbocycles. The summed E-state index contributed by atoms with van der Waals surface area (Å²) in [5, 5.41) is 3.93. The van der Waals surface area contributed by atoms with Crippen LogP contribution in [0.5, 0.6) is 0 Å². The van der Waals surface area contributed by atoms with Crippen molar-refractivity contribution in [2.24, 2.45) is 5.92 Å². The summed E-state index contributed by atoms with van der Waals surface area (Å²) in [6.45, 7) is 3.39. The van der Waals surface area contributed by atoms with Gasteiger partial charge in [-0.15, -0.1) is 0 Å². The molecule has 17 heavy (non-hydrogen) atoms. The average molecular weight is 237 g/mol. The minimum absolute atomic E-state index is 0.302.